The third-order valence-corrected chi connectivity index (χ3v) is 5.69. The molecule has 164 valence electrons. The lowest BCUT2D eigenvalue weighted by molar-refractivity contribution is 0.404. The van der Waals surface area contributed by atoms with E-state index >= 15 is 0 Å². The zero-order chi connectivity index (χ0) is 22.3. The number of imidazole rings is 2. The number of methoxy groups -OCH3 is 2. The Balaban J connectivity index is 1.61. The van der Waals surface area contributed by atoms with Gasteiger partial charge in [-0.15, -0.1) is 0 Å². The van der Waals surface area contributed by atoms with Crippen LogP contribution in [0.2, 0.25) is 0 Å². The molecule has 0 bridgehead atoms. The van der Waals surface area contributed by atoms with E-state index < -0.39 is 11.2 Å². The highest BCUT2D eigenvalue weighted by Crippen LogP contribution is 2.29. The van der Waals surface area contributed by atoms with E-state index in [0.29, 0.717) is 30.0 Å². The van der Waals surface area contributed by atoms with Crippen molar-refractivity contribution in [1.82, 2.24) is 23.5 Å². The molecule has 1 aromatic carbocycles. The van der Waals surface area contributed by atoms with Crippen LogP contribution < -0.4 is 26.0 Å². The van der Waals surface area contributed by atoms with Gasteiger partial charge in [0.05, 0.1) is 19.9 Å². The topological polar surface area (TPSA) is 108 Å². The van der Waals surface area contributed by atoms with Crippen molar-refractivity contribution in [2.24, 2.45) is 7.05 Å². The van der Waals surface area contributed by atoms with Crippen LogP contribution in [0.1, 0.15) is 17.8 Å². The number of fused-ring (bicyclic) bond motifs is 3. The Morgan fingerprint density at radius 1 is 1.13 bits per heavy atom. The van der Waals surface area contributed by atoms with Gasteiger partial charge < -0.3 is 19.4 Å². The quantitative estimate of drug-likeness (QED) is 0.437. The molecule has 10 heteroatoms. The van der Waals surface area contributed by atoms with Crippen molar-refractivity contribution in [1.29, 1.82) is 0 Å². The van der Waals surface area contributed by atoms with Crippen LogP contribution in [0.5, 0.6) is 11.5 Å². The molecule has 0 radical (unpaired) electrons. The number of aromatic nitrogens is 5. The van der Waals surface area contributed by atoms with Gasteiger partial charge in [0.15, 0.2) is 11.2 Å². The third-order valence-electron chi connectivity index (χ3n) is 5.69. The summed E-state index contributed by atoms with van der Waals surface area (Å²) in [6.45, 7) is 5.34. The van der Waals surface area contributed by atoms with E-state index in [9.17, 15) is 9.59 Å². The largest absolute Gasteiger partial charge is 0.497 e. The van der Waals surface area contributed by atoms with Crippen molar-refractivity contribution in [3.63, 3.8) is 0 Å². The lowest BCUT2D eigenvalue weighted by Crippen LogP contribution is -2.28. The average Bonchev–Trinajstić information content (AvgIpc) is 3.26. The van der Waals surface area contributed by atoms with Gasteiger partial charge in [-0.3, -0.25) is 18.7 Å². The first-order valence-corrected chi connectivity index (χ1v) is 10.0. The fourth-order valence-electron chi connectivity index (χ4n) is 3.86. The molecule has 0 fully saturated rings. The molecule has 31 heavy (non-hydrogen) atoms. The lowest BCUT2D eigenvalue weighted by Gasteiger charge is -2.13. The Morgan fingerprint density at radius 3 is 2.61 bits per heavy atom. The highest BCUT2D eigenvalue weighted by atomic mass is 16.5. The number of aryl methyl sites for hydroxylation is 3. The van der Waals surface area contributed by atoms with E-state index in [1.807, 2.05) is 36.4 Å². The molecule has 4 rings (SSSR count). The van der Waals surface area contributed by atoms with E-state index in [-0.39, 0.29) is 0 Å². The smallest absolute Gasteiger partial charge is 0.329 e. The second kappa shape index (κ2) is 7.86. The number of hydrogen-bond acceptors (Lipinski definition) is 6. The average molecular weight is 426 g/mol. The summed E-state index contributed by atoms with van der Waals surface area (Å²) in [6, 6.07) is 5.61. The Kier molecular flexibility index (Phi) is 5.22. The summed E-state index contributed by atoms with van der Waals surface area (Å²) >= 11 is 0. The highest BCUT2D eigenvalue weighted by molar-refractivity contribution is 5.76. The predicted octanol–water partition coefficient (Wildman–Crippen LogP) is 1.81. The van der Waals surface area contributed by atoms with E-state index in [0.717, 1.165) is 35.0 Å². The molecule has 0 saturated heterocycles. The molecule has 2 N–H and O–H groups in total. The minimum absolute atomic E-state index is 0.375. The monoisotopic (exact) mass is 426 g/mol. The molecule has 0 atom stereocenters. The number of anilines is 1. The minimum atomic E-state index is -0.476. The van der Waals surface area contributed by atoms with Gasteiger partial charge in [-0.25, -0.2) is 4.79 Å². The minimum Gasteiger partial charge on any atom is -0.497 e. The van der Waals surface area contributed by atoms with Gasteiger partial charge in [0.25, 0.3) is 5.56 Å². The first-order valence-electron chi connectivity index (χ1n) is 10.0. The van der Waals surface area contributed by atoms with Crippen LogP contribution in [0, 0.1) is 13.8 Å². The number of rotatable bonds is 7. The van der Waals surface area contributed by atoms with Crippen molar-refractivity contribution < 1.29 is 9.47 Å². The maximum absolute atomic E-state index is 12.5. The summed E-state index contributed by atoms with van der Waals surface area (Å²) in [4.78, 5) is 31.4. The number of ether oxygens (including phenoxy) is 2. The van der Waals surface area contributed by atoms with Crippen molar-refractivity contribution in [2.45, 2.75) is 26.8 Å². The summed E-state index contributed by atoms with van der Waals surface area (Å²) in [7, 11) is 4.86. The van der Waals surface area contributed by atoms with Gasteiger partial charge in [0.2, 0.25) is 5.78 Å². The van der Waals surface area contributed by atoms with E-state index in [4.69, 9.17) is 9.47 Å². The van der Waals surface area contributed by atoms with Crippen LogP contribution in [0.25, 0.3) is 16.9 Å². The number of H-pyrrole nitrogens is 1. The van der Waals surface area contributed by atoms with E-state index in [1.165, 1.54) is 4.57 Å². The zero-order valence-electron chi connectivity index (χ0n) is 18.3. The Labute approximate surface area is 178 Å². The van der Waals surface area contributed by atoms with Crippen LogP contribution in [0.4, 0.5) is 5.69 Å². The molecule has 0 saturated carbocycles. The number of hydrogen-bond donors (Lipinski definition) is 2. The lowest BCUT2D eigenvalue weighted by atomic mass is 10.2. The predicted molar refractivity (Wildman–Crippen MR) is 119 cm³/mol. The summed E-state index contributed by atoms with van der Waals surface area (Å²) in [5.41, 5.74) is 2.66. The molecule has 0 unspecified atom stereocenters. The second-order valence-corrected chi connectivity index (χ2v) is 7.41. The van der Waals surface area contributed by atoms with Gasteiger partial charge in [-0.05, 0) is 32.4 Å². The molecular formula is C21H26N6O4. The molecule has 0 aliphatic carbocycles. The van der Waals surface area contributed by atoms with Crippen LogP contribution in [-0.4, -0.2) is 44.3 Å². The highest BCUT2D eigenvalue weighted by Gasteiger charge is 2.20. The van der Waals surface area contributed by atoms with E-state index in [1.54, 1.807) is 21.3 Å². The van der Waals surface area contributed by atoms with Crippen LogP contribution >= 0.6 is 0 Å². The standard InChI is InChI=1S/C21H26N6O4/c1-12-13(2)27-17-18(25(3)21(29)24-19(17)28)23-20(27)26(12)10-6-9-22-15-11-14(30-4)7-8-16(15)31-5/h7-8,11,22H,6,9-10H2,1-5H3,(H,24,28,29). The number of benzene rings is 1. The van der Waals surface area contributed by atoms with Crippen LogP contribution in [-0.2, 0) is 13.6 Å². The zero-order valence-corrected chi connectivity index (χ0v) is 18.3. The Morgan fingerprint density at radius 2 is 1.90 bits per heavy atom. The van der Waals surface area contributed by atoms with Gasteiger partial charge in [-0.2, -0.15) is 4.98 Å². The SMILES string of the molecule is COc1ccc(OC)c(NCCCn2c(C)c(C)n3c4c(=O)[nH]c(=O)n(C)c4nc23)c1. The van der Waals surface area contributed by atoms with Crippen molar-refractivity contribution in [3.8, 4) is 11.5 Å². The number of aromatic amines is 1. The Hall–Kier alpha value is -3.69. The first-order chi connectivity index (χ1) is 14.9. The fraction of sp³-hybridized carbons (Fsp3) is 0.381. The van der Waals surface area contributed by atoms with Crippen molar-refractivity contribution in [3.05, 3.63) is 50.4 Å². The first kappa shape index (κ1) is 20.6. The molecular weight excluding hydrogens is 400 g/mol. The normalized spacial score (nSPS) is 11.4. The maximum atomic E-state index is 12.5. The van der Waals surface area contributed by atoms with Crippen LogP contribution in [0.3, 0.4) is 0 Å². The molecule has 0 amide bonds. The molecule has 10 nitrogen and oxygen atoms in total. The molecule has 3 aromatic heterocycles. The van der Waals surface area contributed by atoms with Crippen molar-refractivity contribution >= 4 is 22.6 Å². The maximum Gasteiger partial charge on any atom is 0.329 e. The molecule has 4 aromatic rings. The van der Waals surface area contributed by atoms with Gasteiger partial charge in [0.1, 0.15) is 11.5 Å². The van der Waals surface area contributed by atoms with Gasteiger partial charge in [0, 0.05) is 37.6 Å². The molecule has 3 heterocycles. The summed E-state index contributed by atoms with van der Waals surface area (Å²) in [5.74, 6) is 2.15. The summed E-state index contributed by atoms with van der Waals surface area (Å²) < 4.78 is 16.0. The fourth-order valence-corrected chi connectivity index (χ4v) is 3.86. The Bertz CT molecular complexity index is 1390. The second-order valence-electron chi connectivity index (χ2n) is 7.41. The molecule has 0 aliphatic rings. The van der Waals surface area contributed by atoms with Crippen molar-refractivity contribution in [2.75, 3.05) is 26.1 Å². The van der Waals surface area contributed by atoms with Crippen LogP contribution in [0.15, 0.2) is 27.8 Å². The molecule has 0 aliphatic heterocycles. The molecule has 0 spiro atoms. The number of nitrogens with zero attached hydrogens (tertiary/aromatic N) is 4. The third kappa shape index (κ3) is 3.33. The van der Waals surface area contributed by atoms with Gasteiger partial charge in [-0.1, -0.05) is 0 Å². The van der Waals surface area contributed by atoms with Gasteiger partial charge >= 0.3 is 5.69 Å². The number of nitrogens with one attached hydrogen (secondary N) is 2. The summed E-state index contributed by atoms with van der Waals surface area (Å²) in [5, 5.41) is 3.39. The summed E-state index contributed by atoms with van der Waals surface area (Å²) in [6.07, 6.45) is 0.809. The van der Waals surface area contributed by atoms with E-state index in [2.05, 4.69) is 19.9 Å².